The van der Waals surface area contributed by atoms with E-state index in [-0.39, 0.29) is 31.2 Å². The van der Waals surface area contributed by atoms with Gasteiger partial charge in [0, 0.05) is 19.4 Å². The maximum atomic E-state index is 12.3. The summed E-state index contributed by atoms with van der Waals surface area (Å²) < 4.78 is 10.9. The summed E-state index contributed by atoms with van der Waals surface area (Å²) in [6.45, 7) is 7.84. The molecule has 0 aliphatic heterocycles. The summed E-state index contributed by atoms with van der Waals surface area (Å²) in [4.78, 5) is 36.3. The third-order valence-corrected chi connectivity index (χ3v) is 4.39. The molecule has 8 nitrogen and oxygen atoms in total. The van der Waals surface area contributed by atoms with Crippen molar-refractivity contribution in [1.29, 1.82) is 0 Å². The fraction of sp³-hybridized carbons (Fsp3) is 0.400. The number of nitrogens with one attached hydrogen (secondary N) is 3. The zero-order chi connectivity index (χ0) is 24.3. The van der Waals surface area contributed by atoms with Gasteiger partial charge in [-0.1, -0.05) is 30.3 Å². The summed E-state index contributed by atoms with van der Waals surface area (Å²) in [5, 5.41) is 8.13. The van der Waals surface area contributed by atoms with Gasteiger partial charge in [-0.25, -0.2) is 4.79 Å². The lowest BCUT2D eigenvalue weighted by atomic mass is 10.2. The van der Waals surface area contributed by atoms with Crippen molar-refractivity contribution in [3.05, 3.63) is 54.1 Å². The quantitative estimate of drug-likeness (QED) is 0.453. The van der Waals surface area contributed by atoms with Gasteiger partial charge in [-0.15, -0.1) is 0 Å². The van der Waals surface area contributed by atoms with Crippen LogP contribution in [-0.4, -0.2) is 36.7 Å². The van der Waals surface area contributed by atoms with E-state index in [4.69, 9.17) is 9.47 Å². The van der Waals surface area contributed by atoms with E-state index in [1.807, 2.05) is 31.2 Å². The first kappa shape index (κ1) is 25.7. The normalized spacial score (nSPS) is 10.8. The van der Waals surface area contributed by atoms with E-state index in [1.165, 1.54) is 0 Å². The number of amides is 3. The summed E-state index contributed by atoms with van der Waals surface area (Å²) in [6, 6.07) is 14.7. The molecule has 0 saturated carbocycles. The Bertz CT molecular complexity index is 953. The van der Waals surface area contributed by atoms with Crippen molar-refractivity contribution in [3.63, 3.8) is 0 Å². The van der Waals surface area contributed by atoms with Crippen LogP contribution in [0.15, 0.2) is 48.5 Å². The van der Waals surface area contributed by atoms with Crippen LogP contribution in [0, 0.1) is 6.92 Å². The number of benzene rings is 2. The topological polar surface area (TPSA) is 106 Å². The minimum atomic E-state index is -0.601. The van der Waals surface area contributed by atoms with Crippen molar-refractivity contribution in [2.75, 3.05) is 23.8 Å². The van der Waals surface area contributed by atoms with Crippen LogP contribution < -0.4 is 20.7 Å². The number of hydrogen-bond acceptors (Lipinski definition) is 5. The lowest BCUT2D eigenvalue weighted by Crippen LogP contribution is -2.34. The predicted octanol–water partition coefficient (Wildman–Crippen LogP) is 4.65. The Morgan fingerprint density at radius 3 is 2.03 bits per heavy atom. The van der Waals surface area contributed by atoms with Gasteiger partial charge in [0.05, 0.1) is 18.0 Å². The Morgan fingerprint density at radius 2 is 1.42 bits per heavy atom. The highest BCUT2D eigenvalue weighted by atomic mass is 16.6. The molecule has 0 aliphatic rings. The Morgan fingerprint density at radius 1 is 0.848 bits per heavy atom. The van der Waals surface area contributed by atoms with Crippen LogP contribution in [0.5, 0.6) is 5.75 Å². The summed E-state index contributed by atoms with van der Waals surface area (Å²) in [5.74, 6) is 0.350. The molecule has 0 atom stereocenters. The lowest BCUT2D eigenvalue weighted by molar-refractivity contribution is -0.117. The zero-order valence-electron chi connectivity index (χ0n) is 19.7. The molecular formula is C25H33N3O5. The monoisotopic (exact) mass is 455 g/mol. The van der Waals surface area contributed by atoms with Crippen LogP contribution in [0.4, 0.5) is 16.2 Å². The van der Waals surface area contributed by atoms with Gasteiger partial charge in [0.15, 0.2) is 0 Å². The lowest BCUT2D eigenvalue weighted by Gasteiger charge is -2.19. The van der Waals surface area contributed by atoms with Crippen molar-refractivity contribution >= 4 is 29.3 Å². The number of anilines is 2. The third-order valence-electron chi connectivity index (χ3n) is 4.39. The molecule has 0 spiro atoms. The Labute approximate surface area is 195 Å². The number of hydrogen-bond donors (Lipinski definition) is 3. The van der Waals surface area contributed by atoms with Gasteiger partial charge >= 0.3 is 6.09 Å². The predicted molar refractivity (Wildman–Crippen MR) is 128 cm³/mol. The average molecular weight is 456 g/mol. The van der Waals surface area contributed by atoms with E-state index in [2.05, 4.69) is 16.0 Å². The van der Waals surface area contributed by atoms with Gasteiger partial charge in [0.2, 0.25) is 11.8 Å². The number of para-hydroxylation sites is 3. The molecule has 178 valence electrons. The molecule has 2 aromatic carbocycles. The largest absolute Gasteiger partial charge is 0.493 e. The van der Waals surface area contributed by atoms with Crippen molar-refractivity contribution < 1.29 is 23.9 Å². The number of rotatable bonds is 10. The zero-order valence-corrected chi connectivity index (χ0v) is 19.7. The van der Waals surface area contributed by atoms with Crippen LogP contribution in [0.1, 0.15) is 45.6 Å². The number of alkyl carbamates (subject to hydrolysis) is 1. The molecule has 0 saturated heterocycles. The molecule has 2 rings (SSSR count). The summed E-state index contributed by atoms with van der Waals surface area (Å²) in [6.07, 6.45) is 0.339. The van der Waals surface area contributed by atoms with Crippen molar-refractivity contribution in [3.8, 4) is 5.75 Å². The van der Waals surface area contributed by atoms with Crippen LogP contribution in [0.3, 0.4) is 0 Å². The highest BCUT2D eigenvalue weighted by Crippen LogP contribution is 2.22. The third kappa shape index (κ3) is 10.1. The van der Waals surface area contributed by atoms with E-state index in [0.717, 1.165) is 11.3 Å². The summed E-state index contributed by atoms with van der Waals surface area (Å²) in [5.41, 5.74) is 1.45. The standard InChI is InChI=1S/C25H33N3O5/c1-18-10-5-8-13-21(18)32-17-9-14-22(29)27-19-11-6-7-12-20(19)28-23(30)15-16-26-24(31)33-25(2,3)4/h5-8,10-13H,9,14-17H2,1-4H3,(H,26,31)(H,27,29)(H,28,30). The molecule has 0 aliphatic carbocycles. The van der Waals surface area contributed by atoms with Gasteiger partial charge < -0.3 is 25.4 Å². The van der Waals surface area contributed by atoms with E-state index in [1.54, 1.807) is 45.0 Å². The Kier molecular flexibility index (Phi) is 9.72. The fourth-order valence-electron chi connectivity index (χ4n) is 2.85. The Balaban J connectivity index is 1.76. The van der Waals surface area contributed by atoms with E-state index < -0.39 is 11.7 Å². The summed E-state index contributed by atoms with van der Waals surface area (Å²) in [7, 11) is 0. The molecule has 3 amide bonds. The molecular weight excluding hydrogens is 422 g/mol. The molecule has 0 heterocycles. The molecule has 8 heteroatoms. The average Bonchev–Trinajstić information content (AvgIpc) is 2.72. The van der Waals surface area contributed by atoms with Gasteiger partial charge in [-0.3, -0.25) is 9.59 Å². The number of carbonyl (C=O) groups is 3. The SMILES string of the molecule is Cc1ccccc1OCCCC(=O)Nc1ccccc1NC(=O)CCNC(=O)OC(C)(C)C. The van der Waals surface area contributed by atoms with Gasteiger partial charge in [-0.05, 0) is 57.9 Å². The van der Waals surface area contributed by atoms with Crippen molar-refractivity contribution in [1.82, 2.24) is 5.32 Å². The number of carbonyl (C=O) groups excluding carboxylic acids is 3. The maximum absolute atomic E-state index is 12.3. The van der Waals surface area contributed by atoms with E-state index in [9.17, 15) is 14.4 Å². The highest BCUT2D eigenvalue weighted by molar-refractivity contribution is 5.99. The molecule has 0 fully saturated rings. The van der Waals surface area contributed by atoms with Crippen molar-refractivity contribution in [2.24, 2.45) is 0 Å². The second-order valence-corrected chi connectivity index (χ2v) is 8.54. The first-order valence-corrected chi connectivity index (χ1v) is 11.0. The van der Waals surface area contributed by atoms with E-state index >= 15 is 0 Å². The van der Waals surface area contributed by atoms with Gasteiger partial charge in [-0.2, -0.15) is 0 Å². The highest BCUT2D eigenvalue weighted by Gasteiger charge is 2.16. The smallest absolute Gasteiger partial charge is 0.407 e. The van der Waals surface area contributed by atoms with Gasteiger partial charge in [0.25, 0.3) is 0 Å². The number of ether oxygens (including phenoxy) is 2. The van der Waals surface area contributed by atoms with Crippen LogP contribution in [-0.2, 0) is 14.3 Å². The first-order valence-electron chi connectivity index (χ1n) is 11.0. The Hall–Kier alpha value is -3.55. The second-order valence-electron chi connectivity index (χ2n) is 8.54. The molecule has 2 aromatic rings. The van der Waals surface area contributed by atoms with Crippen LogP contribution in [0.2, 0.25) is 0 Å². The minimum absolute atomic E-state index is 0.0672. The minimum Gasteiger partial charge on any atom is -0.493 e. The van der Waals surface area contributed by atoms with E-state index in [0.29, 0.717) is 24.4 Å². The van der Waals surface area contributed by atoms with Crippen LogP contribution in [0.25, 0.3) is 0 Å². The maximum Gasteiger partial charge on any atom is 0.407 e. The molecule has 0 radical (unpaired) electrons. The second kappa shape index (κ2) is 12.5. The van der Waals surface area contributed by atoms with Crippen molar-refractivity contribution in [2.45, 2.75) is 52.6 Å². The van der Waals surface area contributed by atoms with Crippen LogP contribution >= 0.6 is 0 Å². The number of aryl methyl sites for hydroxylation is 1. The molecule has 0 unspecified atom stereocenters. The first-order chi connectivity index (χ1) is 15.6. The summed E-state index contributed by atoms with van der Waals surface area (Å²) >= 11 is 0. The van der Waals surface area contributed by atoms with Gasteiger partial charge in [0.1, 0.15) is 11.4 Å². The molecule has 3 N–H and O–H groups in total. The molecule has 0 bridgehead atoms. The fourth-order valence-corrected chi connectivity index (χ4v) is 2.85. The molecule has 0 aromatic heterocycles. The molecule has 33 heavy (non-hydrogen) atoms.